The molecule has 1 N–H and O–H groups in total. The van der Waals surface area contributed by atoms with E-state index in [1.807, 2.05) is 14.7 Å². The van der Waals surface area contributed by atoms with E-state index >= 15 is 0 Å². The molecule has 1 saturated carbocycles. The van der Waals surface area contributed by atoms with Crippen LogP contribution in [0.3, 0.4) is 0 Å². The van der Waals surface area contributed by atoms with Crippen molar-refractivity contribution in [1.29, 1.82) is 0 Å². The molecule has 0 unspecified atom stereocenters. The average Bonchev–Trinajstić information content (AvgIpc) is 3.37. The maximum atomic E-state index is 13.2. The maximum Gasteiger partial charge on any atom is 0.238 e. The van der Waals surface area contributed by atoms with Crippen molar-refractivity contribution in [2.45, 2.75) is 38.1 Å². The van der Waals surface area contributed by atoms with Crippen molar-refractivity contribution in [1.82, 2.24) is 14.7 Å². The van der Waals surface area contributed by atoms with Gasteiger partial charge in [0.15, 0.2) is 0 Å². The smallest absolute Gasteiger partial charge is 0.238 e. The first-order chi connectivity index (χ1) is 14.5. The number of hydrogen-bond acceptors (Lipinski definition) is 4. The number of likely N-dealkylation sites (tertiary alicyclic amines) is 1. The highest BCUT2D eigenvalue weighted by Crippen LogP contribution is 2.30. The summed E-state index contributed by atoms with van der Waals surface area (Å²) in [5.74, 6) is -0.646. The third-order valence-corrected chi connectivity index (χ3v) is 6.43. The van der Waals surface area contributed by atoms with Crippen LogP contribution in [0.4, 0.5) is 10.1 Å². The zero-order chi connectivity index (χ0) is 21.1. The maximum absolute atomic E-state index is 13.2. The van der Waals surface area contributed by atoms with Crippen molar-refractivity contribution in [3.8, 4) is 0 Å². The van der Waals surface area contributed by atoms with Crippen LogP contribution in [0.2, 0.25) is 0 Å². The largest absolute Gasteiger partial charge is 0.340 e. The quantitative estimate of drug-likeness (QED) is 0.793. The minimum absolute atomic E-state index is 0.0627. The Balaban J connectivity index is 1.22. The zero-order valence-electron chi connectivity index (χ0n) is 17.2. The molecule has 2 saturated heterocycles. The van der Waals surface area contributed by atoms with Crippen LogP contribution >= 0.6 is 0 Å². The number of carbonyl (C=O) groups is 3. The summed E-state index contributed by atoms with van der Waals surface area (Å²) in [6, 6.07) is 6.14. The Hall–Kier alpha value is -2.48. The van der Waals surface area contributed by atoms with E-state index < -0.39 is 5.82 Å². The number of piperazine rings is 1. The lowest BCUT2D eigenvalue weighted by Crippen LogP contribution is -2.52. The minimum Gasteiger partial charge on any atom is -0.340 e. The third-order valence-electron chi connectivity index (χ3n) is 6.43. The first kappa shape index (κ1) is 20.8. The Bertz CT molecular complexity index is 803. The van der Waals surface area contributed by atoms with E-state index in [1.54, 1.807) is 12.1 Å². The van der Waals surface area contributed by atoms with Crippen molar-refractivity contribution in [2.24, 2.45) is 5.92 Å². The van der Waals surface area contributed by atoms with Gasteiger partial charge in [-0.25, -0.2) is 4.39 Å². The van der Waals surface area contributed by atoms with Crippen LogP contribution in [-0.2, 0) is 14.4 Å². The van der Waals surface area contributed by atoms with E-state index in [4.69, 9.17) is 0 Å². The Kier molecular flexibility index (Phi) is 6.32. The molecule has 1 aromatic rings. The highest BCUT2D eigenvalue weighted by molar-refractivity contribution is 5.92. The van der Waals surface area contributed by atoms with Crippen LogP contribution in [0, 0.1) is 11.7 Å². The van der Waals surface area contributed by atoms with Gasteiger partial charge in [0.05, 0.1) is 12.5 Å². The summed E-state index contributed by atoms with van der Waals surface area (Å²) in [6.07, 6.45) is 4.78. The molecule has 8 heteroatoms. The van der Waals surface area contributed by atoms with Crippen LogP contribution in [0.15, 0.2) is 24.3 Å². The van der Waals surface area contributed by atoms with Gasteiger partial charge in [0, 0.05) is 50.9 Å². The fourth-order valence-corrected chi connectivity index (χ4v) is 4.82. The molecule has 1 atom stereocenters. The number of nitrogens with zero attached hydrogens (tertiary/aromatic N) is 3. The number of nitrogens with one attached hydrogen (secondary N) is 1. The second-order valence-electron chi connectivity index (χ2n) is 8.55. The SMILES string of the molecule is O=C(CN1CCN(C(=O)[C@H]2CC(=O)N(C3CCCC3)C2)CC1)Nc1cccc(F)c1. The van der Waals surface area contributed by atoms with Gasteiger partial charge in [0.25, 0.3) is 0 Å². The molecule has 3 amide bonds. The van der Waals surface area contributed by atoms with Crippen LogP contribution in [0.25, 0.3) is 0 Å². The summed E-state index contributed by atoms with van der Waals surface area (Å²) < 4.78 is 13.2. The summed E-state index contributed by atoms with van der Waals surface area (Å²) in [5.41, 5.74) is 0.437. The van der Waals surface area contributed by atoms with Crippen molar-refractivity contribution < 1.29 is 18.8 Å². The lowest BCUT2D eigenvalue weighted by Gasteiger charge is -2.35. The summed E-state index contributed by atoms with van der Waals surface area (Å²) in [6.45, 7) is 3.08. The number of carbonyl (C=O) groups excluding carboxylic acids is 3. The third kappa shape index (κ3) is 4.80. The Morgan fingerprint density at radius 2 is 1.83 bits per heavy atom. The number of rotatable bonds is 5. The van der Waals surface area contributed by atoms with Crippen molar-refractivity contribution in [3.05, 3.63) is 30.1 Å². The summed E-state index contributed by atoms with van der Waals surface area (Å²) in [5, 5.41) is 2.70. The molecule has 4 rings (SSSR count). The predicted molar refractivity (Wildman–Crippen MR) is 110 cm³/mol. The monoisotopic (exact) mass is 416 g/mol. The molecule has 0 aromatic heterocycles. The molecule has 2 heterocycles. The second-order valence-corrected chi connectivity index (χ2v) is 8.55. The molecule has 1 aromatic carbocycles. The Morgan fingerprint density at radius 3 is 2.53 bits per heavy atom. The van der Waals surface area contributed by atoms with E-state index in [2.05, 4.69) is 5.32 Å². The predicted octanol–water partition coefficient (Wildman–Crippen LogP) is 1.70. The molecular weight excluding hydrogens is 387 g/mol. The standard InChI is InChI=1S/C22H29FN4O3/c23-17-4-3-5-18(13-17)24-20(28)15-25-8-10-26(11-9-25)22(30)16-12-21(29)27(14-16)19-6-1-2-7-19/h3-5,13,16,19H,1-2,6-12,14-15H2,(H,24,28)/t16-/m0/s1. The molecule has 3 fully saturated rings. The normalized spacial score (nSPS) is 23.2. The number of benzene rings is 1. The lowest BCUT2D eigenvalue weighted by atomic mass is 10.1. The van der Waals surface area contributed by atoms with Gasteiger partial charge in [-0.15, -0.1) is 0 Å². The molecule has 3 aliphatic rings. The summed E-state index contributed by atoms with van der Waals surface area (Å²) in [4.78, 5) is 43.3. The van der Waals surface area contributed by atoms with Gasteiger partial charge < -0.3 is 15.1 Å². The molecule has 162 valence electrons. The molecule has 1 aliphatic carbocycles. The van der Waals surface area contributed by atoms with E-state index in [0.29, 0.717) is 50.9 Å². The van der Waals surface area contributed by atoms with Crippen LogP contribution < -0.4 is 5.32 Å². The van der Waals surface area contributed by atoms with E-state index in [1.165, 1.54) is 25.0 Å². The molecule has 0 spiro atoms. The second kappa shape index (κ2) is 9.12. The first-order valence-electron chi connectivity index (χ1n) is 10.9. The number of amides is 3. The summed E-state index contributed by atoms with van der Waals surface area (Å²) in [7, 11) is 0. The molecular formula is C22H29FN4O3. The number of anilines is 1. The van der Waals surface area contributed by atoms with Crippen molar-refractivity contribution in [2.75, 3.05) is 44.6 Å². The molecule has 0 radical (unpaired) electrons. The van der Waals surface area contributed by atoms with Crippen LogP contribution in [0.1, 0.15) is 32.1 Å². The minimum atomic E-state index is -0.392. The van der Waals surface area contributed by atoms with Crippen LogP contribution in [-0.4, -0.2) is 77.7 Å². The molecule has 7 nitrogen and oxygen atoms in total. The average molecular weight is 416 g/mol. The highest BCUT2D eigenvalue weighted by Gasteiger charge is 2.40. The number of halogens is 1. The van der Waals surface area contributed by atoms with E-state index in [0.717, 1.165) is 12.8 Å². The number of hydrogen-bond donors (Lipinski definition) is 1. The topological polar surface area (TPSA) is 73.0 Å². The van der Waals surface area contributed by atoms with Crippen molar-refractivity contribution >= 4 is 23.4 Å². The van der Waals surface area contributed by atoms with Gasteiger partial charge in [0.2, 0.25) is 17.7 Å². The molecule has 30 heavy (non-hydrogen) atoms. The van der Waals surface area contributed by atoms with Gasteiger partial charge in [-0.3, -0.25) is 19.3 Å². The van der Waals surface area contributed by atoms with Gasteiger partial charge in [-0.05, 0) is 31.0 Å². The van der Waals surface area contributed by atoms with Gasteiger partial charge in [0.1, 0.15) is 5.82 Å². The van der Waals surface area contributed by atoms with Gasteiger partial charge >= 0.3 is 0 Å². The zero-order valence-corrected chi connectivity index (χ0v) is 17.2. The first-order valence-corrected chi connectivity index (χ1v) is 10.9. The molecule has 2 aliphatic heterocycles. The Morgan fingerprint density at radius 1 is 1.10 bits per heavy atom. The highest BCUT2D eigenvalue weighted by atomic mass is 19.1. The van der Waals surface area contributed by atoms with E-state index in [9.17, 15) is 18.8 Å². The van der Waals surface area contributed by atoms with Crippen molar-refractivity contribution in [3.63, 3.8) is 0 Å². The fraction of sp³-hybridized carbons (Fsp3) is 0.591. The van der Waals surface area contributed by atoms with E-state index in [-0.39, 0.29) is 30.2 Å². The summed E-state index contributed by atoms with van der Waals surface area (Å²) >= 11 is 0. The van der Waals surface area contributed by atoms with Gasteiger partial charge in [-0.1, -0.05) is 18.9 Å². The van der Waals surface area contributed by atoms with Gasteiger partial charge in [-0.2, -0.15) is 0 Å². The fourth-order valence-electron chi connectivity index (χ4n) is 4.82. The molecule has 0 bridgehead atoms. The lowest BCUT2D eigenvalue weighted by molar-refractivity contribution is -0.137. The Labute approximate surface area is 176 Å². The van der Waals surface area contributed by atoms with Crippen LogP contribution in [0.5, 0.6) is 0 Å².